The molecule has 0 aliphatic heterocycles. The van der Waals surface area contributed by atoms with Gasteiger partial charge >= 0.3 is 0 Å². The highest BCUT2D eigenvalue weighted by atomic mass is 16.2. The van der Waals surface area contributed by atoms with Gasteiger partial charge in [-0.1, -0.05) is 50.2 Å². The molecule has 5 N–H and O–H groups in total. The minimum atomic E-state index is -0.555. The molecule has 1 amide bonds. The fourth-order valence-electron chi connectivity index (χ4n) is 7.16. The van der Waals surface area contributed by atoms with Gasteiger partial charge in [-0.3, -0.25) is 29.4 Å². The number of carbonyl (C=O) groups excluding carboxylic acids is 3. The number of carbonyl (C=O) groups is 3. The Bertz CT molecular complexity index is 1800. The molecule has 0 unspecified atom stereocenters. The molecule has 1 fully saturated rings. The number of aryl methyl sites for hydroxylation is 1. The third-order valence-electron chi connectivity index (χ3n) is 10.4. The third kappa shape index (κ3) is 9.22. The summed E-state index contributed by atoms with van der Waals surface area (Å²) in [6.45, 7) is 9.89. The zero-order valence-corrected chi connectivity index (χ0v) is 29.1. The molecule has 1 aromatic heterocycles. The monoisotopic (exact) mass is 665 g/mol. The van der Waals surface area contributed by atoms with Gasteiger partial charge in [0.1, 0.15) is 5.78 Å². The van der Waals surface area contributed by atoms with Crippen molar-refractivity contribution in [2.75, 3.05) is 31.5 Å². The summed E-state index contributed by atoms with van der Waals surface area (Å²) in [5.74, 6) is -0.0409. The standard InChI is InChI=1S/C40H51N5O4/c1-4-45(5-2)20-6-7-37(46)31-16-18-34(26(3)21-31)29-12-8-27(9-13-29)22-32(23-38(47)30-14-10-28(25-41)11-15-30)39(48)42-33-17-19-35-36(24-33)43-44-40(35)49/h8-9,12-13,16-19,21,24,28,30,32H,4-7,10-11,14-15,20,22-23,25,41H2,1-3H3,(H,42,48)(H2,43,44,49)/t28?,30?,32-/m1/s1. The van der Waals surface area contributed by atoms with Crippen LogP contribution in [0.5, 0.6) is 0 Å². The number of aromatic nitrogens is 2. The molecule has 9 nitrogen and oxygen atoms in total. The van der Waals surface area contributed by atoms with Crippen LogP contribution in [0.3, 0.4) is 0 Å². The molecule has 1 aliphatic rings. The minimum Gasteiger partial charge on any atom is -0.330 e. The first-order valence-corrected chi connectivity index (χ1v) is 17.9. The van der Waals surface area contributed by atoms with Crippen LogP contribution in [0.25, 0.3) is 22.0 Å². The number of H-pyrrole nitrogens is 2. The number of nitrogens with two attached hydrogens (primary N) is 1. The van der Waals surface area contributed by atoms with Gasteiger partial charge in [-0.25, -0.2) is 0 Å². The van der Waals surface area contributed by atoms with Gasteiger partial charge in [0, 0.05) is 35.9 Å². The number of Topliss-reactive ketones (excluding diaryl/α,β-unsaturated/α-hetero) is 2. The molecule has 0 radical (unpaired) electrons. The number of hydrogen-bond acceptors (Lipinski definition) is 6. The van der Waals surface area contributed by atoms with Crippen molar-refractivity contribution in [2.45, 2.75) is 72.1 Å². The number of anilines is 1. The molecule has 1 aliphatic carbocycles. The lowest BCUT2D eigenvalue weighted by atomic mass is 9.77. The second-order valence-corrected chi connectivity index (χ2v) is 13.6. The fraction of sp³-hybridized carbons (Fsp3) is 0.450. The van der Waals surface area contributed by atoms with Gasteiger partial charge in [-0.05, 0) is 124 Å². The number of nitrogens with zero attached hydrogens (tertiary/aromatic N) is 1. The van der Waals surface area contributed by atoms with Crippen LogP contribution in [0.1, 0.15) is 80.3 Å². The topological polar surface area (TPSA) is 141 Å². The van der Waals surface area contributed by atoms with Gasteiger partial charge in [-0.15, -0.1) is 0 Å². The van der Waals surface area contributed by atoms with E-state index in [1.807, 2.05) is 49.4 Å². The molecule has 3 aromatic carbocycles. The van der Waals surface area contributed by atoms with Gasteiger partial charge < -0.3 is 16.0 Å². The highest BCUT2D eigenvalue weighted by Gasteiger charge is 2.30. The van der Waals surface area contributed by atoms with Crippen LogP contribution in [0.15, 0.2) is 65.5 Å². The first-order valence-electron chi connectivity index (χ1n) is 17.9. The van der Waals surface area contributed by atoms with Gasteiger partial charge in [0.15, 0.2) is 5.78 Å². The first kappa shape index (κ1) is 36.0. The Balaban J connectivity index is 1.28. The zero-order valence-electron chi connectivity index (χ0n) is 29.1. The average Bonchev–Trinajstić information content (AvgIpc) is 3.49. The normalized spacial score (nSPS) is 16.9. The molecule has 5 rings (SSSR count). The van der Waals surface area contributed by atoms with Crippen molar-refractivity contribution < 1.29 is 14.4 Å². The van der Waals surface area contributed by atoms with Crippen LogP contribution in [-0.2, 0) is 16.0 Å². The molecular weight excluding hydrogens is 614 g/mol. The van der Waals surface area contributed by atoms with Crippen LogP contribution in [0.4, 0.5) is 5.69 Å². The molecule has 260 valence electrons. The number of benzene rings is 3. The van der Waals surface area contributed by atoms with Crippen molar-refractivity contribution in [1.29, 1.82) is 0 Å². The molecular formula is C40H51N5O4. The number of rotatable bonds is 16. The summed E-state index contributed by atoms with van der Waals surface area (Å²) >= 11 is 0. The highest BCUT2D eigenvalue weighted by molar-refractivity contribution is 5.98. The van der Waals surface area contributed by atoms with Crippen LogP contribution < -0.4 is 16.6 Å². The summed E-state index contributed by atoms with van der Waals surface area (Å²) in [7, 11) is 0. The Labute approximate surface area is 289 Å². The third-order valence-corrected chi connectivity index (χ3v) is 10.4. The Morgan fingerprint density at radius 3 is 2.35 bits per heavy atom. The SMILES string of the molecule is CCN(CC)CCCC(=O)c1ccc(-c2ccc(C[C@H](CC(=O)C3CCC(CN)CC3)C(=O)Nc3ccc4c(=O)[nH][nH]c4c3)cc2)c(C)c1. The number of fused-ring (bicyclic) bond motifs is 1. The summed E-state index contributed by atoms with van der Waals surface area (Å²) in [5.41, 5.74) is 11.7. The lowest BCUT2D eigenvalue weighted by Crippen LogP contribution is -2.31. The quantitative estimate of drug-likeness (QED) is 0.0987. The molecule has 0 bridgehead atoms. The number of ketones is 2. The lowest BCUT2D eigenvalue weighted by molar-refractivity contribution is -0.129. The largest absolute Gasteiger partial charge is 0.330 e. The molecule has 1 saturated carbocycles. The summed E-state index contributed by atoms with van der Waals surface area (Å²) in [6.07, 6.45) is 5.51. The number of aromatic amines is 2. The highest BCUT2D eigenvalue weighted by Crippen LogP contribution is 2.32. The first-order chi connectivity index (χ1) is 23.7. The summed E-state index contributed by atoms with van der Waals surface area (Å²) < 4.78 is 0. The van der Waals surface area contributed by atoms with Gasteiger partial charge in [0.05, 0.1) is 10.9 Å². The number of nitrogens with one attached hydrogen (secondary N) is 3. The molecule has 4 aromatic rings. The molecule has 1 heterocycles. The Hall–Kier alpha value is -4.34. The smallest absolute Gasteiger partial charge is 0.271 e. The Morgan fingerprint density at radius 1 is 0.939 bits per heavy atom. The second kappa shape index (κ2) is 16.9. The van der Waals surface area contributed by atoms with Crippen molar-refractivity contribution in [3.05, 3.63) is 87.7 Å². The molecule has 0 spiro atoms. The Morgan fingerprint density at radius 2 is 1.67 bits per heavy atom. The average molecular weight is 666 g/mol. The summed E-state index contributed by atoms with van der Waals surface area (Å²) in [5, 5.41) is 8.90. The maximum atomic E-state index is 13.7. The fourth-order valence-corrected chi connectivity index (χ4v) is 7.16. The predicted molar refractivity (Wildman–Crippen MR) is 197 cm³/mol. The van der Waals surface area contributed by atoms with Gasteiger partial charge in [-0.2, -0.15) is 0 Å². The summed E-state index contributed by atoms with van der Waals surface area (Å²) in [4.78, 5) is 54.4. The zero-order chi connectivity index (χ0) is 34.9. The van der Waals surface area contributed by atoms with Crippen molar-refractivity contribution in [2.24, 2.45) is 23.5 Å². The van der Waals surface area contributed by atoms with E-state index in [1.54, 1.807) is 18.2 Å². The Kier molecular flexibility index (Phi) is 12.4. The van der Waals surface area contributed by atoms with E-state index in [-0.39, 0.29) is 35.4 Å². The molecule has 1 atom stereocenters. The van der Waals surface area contributed by atoms with E-state index < -0.39 is 5.92 Å². The van der Waals surface area contributed by atoms with E-state index in [1.165, 1.54) is 0 Å². The van der Waals surface area contributed by atoms with Gasteiger partial charge in [0.2, 0.25) is 5.91 Å². The lowest BCUT2D eigenvalue weighted by Gasteiger charge is -2.27. The van der Waals surface area contributed by atoms with Crippen molar-refractivity contribution >= 4 is 34.1 Å². The van der Waals surface area contributed by atoms with E-state index in [0.29, 0.717) is 41.9 Å². The molecule has 0 saturated heterocycles. The van der Waals surface area contributed by atoms with Crippen LogP contribution in [0, 0.1) is 24.7 Å². The maximum Gasteiger partial charge on any atom is 0.271 e. The second-order valence-electron chi connectivity index (χ2n) is 13.6. The van der Waals surface area contributed by atoms with Crippen LogP contribution in [0.2, 0.25) is 0 Å². The van der Waals surface area contributed by atoms with Crippen molar-refractivity contribution in [3.63, 3.8) is 0 Å². The number of hydrogen-bond donors (Lipinski definition) is 4. The predicted octanol–water partition coefficient (Wildman–Crippen LogP) is 6.66. The van der Waals surface area contributed by atoms with E-state index in [4.69, 9.17) is 5.73 Å². The van der Waals surface area contributed by atoms with E-state index in [2.05, 4.69) is 34.3 Å². The number of amides is 1. The van der Waals surface area contributed by atoms with Crippen molar-refractivity contribution in [3.8, 4) is 11.1 Å². The maximum absolute atomic E-state index is 13.7. The van der Waals surface area contributed by atoms with E-state index in [9.17, 15) is 19.2 Å². The van der Waals surface area contributed by atoms with Crippen LogP contribution >= 0.6 is 0 Å². The minimum absolute atomic E-state index is 0.0399. The van der Waals surface area contributed by atoms with Crippen LogP contribution in [-0.4, -0.2) is 58.7 Å². The molecule has 9 heteroatoms. The summed E-state index contributed by atoms with van der Waals surface area (Å²) in [6, 6.07) is 19.2. The van der Waals surface area contributed by atoms with E-state index >= 15 is 0 Å². The van der Waals surface area contributed by atoms with Gasteiger partial charge in [0.25, 0.3) is 5.56 Å². The van der Waals surface area contributed by atoms with Crippen molar-refractivity contribution in [1.82, 2.24) is 15.1 Å². The molecule has 49 heavy (non-hydrogen) atoms. The van der Waals surface area contributed by atoms with E-state index in [0.717, 1.165) is 79.6 Å².